The number of hydrogen-bond donors (Lipinski definition) is 0. The molecule has 0 atom stereocenters. The van der Waals surface area contributed by atoms with Crippen molar-refractivity contribution in [1.29, 1.82) is 0 Å². The van der Waals surface area contributed by atoms with Crippen molar-refractivity contribution < 1.29 is 0 Å². The van der Waals surface area contributed by atoms with Gasteiger partial charge in [-0.1, -0.05) is 166 Å². The third-order valence-corrected chi connectivity index (χ3v) is 19.2. The predicted octanol–water partition coefficient (Wildman–Crippen LogP) is 26.0. The molecule has 4 aliphatic rings. The van der Waals surface area contributed by atoms with E-state index < -0.39 is 0 Å². The summed E-state index contributed by atoms with van der Waals surface area (Å²) in [4.78, 5) is 20.2. The van der Waals surface area contributed by atoms with Crippen LogP contribution in [0.4, 0.5) is 0 Å². The molecular weight excluding hydrogens is 1090 g/mol. The molecule has 0 spiro atoms. The van der Waals surface area contributed by atoms with Gasteiger partial charge in [-0.15, -0.1) is 0 Å². The Bertz CT molecular complexity index is 3410. The highest BCUT2D eigenvalue weighted by Crippen LogP contribution is 2.41. The van der Waals surface area contributed by atoms with Gasteiger partial charge in [0, 0.05) is 44.3 Å². The van der Waals surface area contributed by atoms with E-state index in [1.165, 1.54) is 212 Å². The predicted molar refractivity (Wildman–Crippen MR) is 401 cm³/mol. The minimum Gasteiger partial charge on any atom is -0.252 e. The van der Waals surface area contributed by atoms with Crippen LogP contribution in [-0.4, -0.2) is 19.9 Å². The van der Waals surface area contributed by atoms with Crippen LogP contribution < -0.4 is 0 Å². The monoisotopic (exact) mass is 1220 g/mol. The Kier molecular flexibility index (Phi) is 28.8. The molecule has 0 saturated carbocycles. The smallest absolute Gasteiger partial charge is 0.0743 e. The van der Waals surface area contributed by atoms with Gasteiger partial charge in [0.2, 0.25) is 0 Å². The van der Waals surface area contributed by atoms with Gasteiger partial charge >= 0.3 is 0 Å². The van der Waals surface area contributed by atoms with Crippen molar-refractivity contribution in [3.05, 3.63) is 160 Å². The minimum atomic E-state index is 0.493. The lowest BCUT2D eigenvalue weighted by atomic mass is 9.84. The molecule has 4 aromatic carbocycles. The van der Waals surface area contributed by atoms with E-state index >= 15 is 0 Å². The standard InChI is InChI=1S/2C20H27N.2C19H25N.4C2H6/c2*1-12(2)17-11-19(13(3)4)21-20-16-9-7-6-8-15(16)14(5)10-18(17)20;2*1-11(2)16-10-18(12(3)4)20-19-15-8-6-7-14(15)13(5)9-17(16)19;4*1-2/h2*10-13H,6-9H2,1-5H3;2*9-12H,6-8H2,1-5H3;4*1-2H3. The maximum absolute atomic E-state index is 5.07. The molecule has 4 heterocycles. The second-order valence-corrected chi connectivity index (χ2v) is 28.1. The first-order valence-corrected chi connectivity index (χ1v) is 36.8. The number of nitrogens with zero attached hydrogens (tertiary/aromatic N) is 4. The molecule has 4 nitrogen and oxygen atoms in total. The molecule has 0 unspecified atom stereocenters. The molecule has 0 bridgehead atoms. The van der Waals surface area contributed by atoms with Crippen molar-refractivity contribution in [2.24, 2.45) is 0 Å². The third-order valence-electron chi connectivity index (χ3n) is 19.2. The van der Waals surface area contributed by atoms with Gasteiger partial charge < -0.3 is 0 Å². The van der Waals surface area contributed by atoms with Crippen LogP contribution in [0.2, 0.25) is 0 Å². The Hall–Kier alpha value is -5.48. The molecule has 8 aromatic rings. The summed E-state index contributed by atoms with van der Waals surface area (Å²) in [6.07, 6.45) is 17.7. The summed E-state index contributed by atoms with van der Waals surface area (Å²) < 4.78 is 0. The lowest BCUT2D eigenvalue weighted by Gasteiger charge is -2.23. The zero-order valence-corrected chi connectivity index (χ0v) is 62.9. The van der Waals surface area contributed by atoms with Gasteiger partial charge in [-0.05, 0) is 302 Å². The highest BCUT2D eigenvalue weighted by atomic mass is 14.7. The molecular formula is C86H128N4. The van der Waals surface area contributed by atoms with E-state index in [9.17, 15) is 0 Å². The highest BCUT2D eigenvalue weighted by Gasteiger charge is 2.25. The number of aromatic nitrogens is 4. The largest absolute Gasteiger partial charge is 0.252 e. The van der Waals surface area contributed by atoms with Crippen molar-refractivity contribution in [2.45, 2.75) is 331 Å². The first-order valence-electron chi connectivity index (χ1n) is 36.8. The summed E-state index contributed by atoms with van der Waals surface area (Å²) in [5.41, 5.74) is 34.4. The number of pyridine rings is 4. The van der Waals surface area contributed by atoms with Crippen molar-refractivity contribution in [1.82, 2.24) is 19.9 Å². The molecule has 4 heteroatoms. The summed E-state index contributed by atoms with van der Waals surface area (Å²) in [6.45, 7) is 61.4. The Balaban J connectivity index is 0.000000210. The van der Waals surface area contributed by atoms with Gasteiger partial charge in [0.25, 0.3) is 0 Å². The Morgan fingerprint density at radius 1 is 0.222 bits per heavy atom. The fourth-order valence-electron chi connectivity index (χ4n) is 14.3. The van der Waals surface area contributed by atoms with Crippen LogP contribution in [0.25, 0.3) is 43.6 Å². The highest BCUT2D eigenvalue weighted by molar-refractivity contribution is 5.91. The van der Waals surface area contributed by atoms with Gasteiger partial charge in [-0.2, -0.15) is 0 Å². The van der Waals surface area contributed by atoms with Crippen molar-refractivity contribution in [2.75, 3.05) is 0 Å². The van der Waals surface area contributed by atoms with E-state index in [4.69, 9.17) is 19.9 Å². The van der Waals surface area contributed by atoms with Crippen molar-refractivity contribution in [3.8, 4) is 0 Å². The molecule has 0 aliphatic heterocycles. The molecule has 4 aromatic heterocycles. The first-order chi connectivity index (χ1) is 42.9. The molecule has 0 fully saturated rings. The summed E-state index contributed by atoms with van der Waals surface area (Å²) in [5, 5.41) is 5.57. The second-order valence-electron chi connectivity index (χ2n) is 28.1. The lowest BCUT2D eigenvalue weighted by Crippen LogP contribution is -2.09. The van der Waals surface area contributed by atoms with Gasteiger partial charge in [0.05, 0.1) is 22.1 Å². The molecule has 0 saturated heterocycles. The Morgan fingerprint density at radius 3 is 0.567 bits per heavy atom. The average molecular weight is 1220 g/mol. The Labute approximate surface area is 551 Å². The van der Waals surface area contributed by atoms with Crippen molar-refractivity contribution in [3.63, 3.8) is 0 Å². The summed E-state index contributed by atoms with van der Waals surface area (Å²) >= 11 is 0. The SMILES string of the molecule is CC.CC.CC.CC.Cc1cc2c(C(C)C)cc(C(C)C)nc2c2c1CCC2.Cc1cc2c(C(C)C)cc(C(C)C)nc2c2c1CCC2.Cc1cc2c(C(C)C)cc(C(C)C)nc2c2c1CCCC2.Cc1cc2c(C(C)C)cc(C(C)C)nc2c2c1CCCC2. The fraction of sp³-hybridized carbons (Fsp3) is 0.581. The van der Waals surface area contributed by atoms with E-state index in [2.05, 4.69) is 187 Å². The molecule has 0 radical (unpaired) electrons. The van der Waals surface area contributed by atoms with Crippen LogP contribution in [0.3, 0.4) is 0 Å². The minimum absolute atomic E-state index is 0.493. The quantitative estimate of drug-likeness (QED) is 0.152. The number of rotatable bonds is 8. The number of hydrogen-bond acceptors (Lipinski definition) is 4. The molecule has 492 valence electrons. The first kappa shape index (κ1) is 75.2. The summed E-state index contributed by atoms with van der Waals surface area (Å²) in [7, 11) is 0. The second kappa shape index (κ2) is 34.4. The van der Waals surface area contributed by atoms with Gasteiger partial charge in [0.15, 0.2) is 0 Å². The van der Waals surface area contributed by atoms with E-state index in [0.29, 0.717) is 47.3 Å². The third kappa shape index (κ3) is 16.8. The van der Waals surface area contributed by atoms with Crippen LogP contribution in [0.1, 0.15) is 364 Å². The van der Waals surface area contributed by atoms with Crippen LogP contribution in [0.5, 0.6) is 0 Å². The number of aryl methyl sites for hydroxylation is 8. The van der Waals surface area contributed by atoms with Crippen LogP contribution >= 0.6 is 0 Å². The average Bonchev–Trinajstić information content (AvgIpc) is 1.15. The molecule has 4 aliphatic carbocycles. The molecule has 0 N–H and O–H groups in total. The van der Waals surface area contributed by atoms with Crippen LogP contribution in [0.15, 0.2) is 48.5 Å². The summed E-state index contributed by atoms with van der Waals surface area (Å²) in [6, 6.07) is 18.9. The molecule has 0 amide bonds. The van der Waals surface area contributed by atoms with E-state index in [1.54, 1.807) is 33.4 Å². The number of benzene rings is 4. The fourth-order valence-corrected chi connectivity index (χ4v) is 14.3. The zero-order chi connectivity index (χ0) is 67.2. The maximum atomic E-state index is 5.07. The van der Waals surface area contributed by atoms with E-state index in [1.807, 2.05) is 55.4 Å². The van der Waals surface area contributed by atoms with Crippen LogP contribution in [0, 0.1) is 27.7 Å². The lowest BCUT2D eigenvalue weighted by molar-refractivity contribution is 0.684. The number of fused-ring (bicyclic) bond motifs is 12. The van der Waals surface area contributed by atoms with Crippen molar-refractivity contribution >= 4 is 43.6 Å². The molecule has 12 rings (SSSR count). The van der Waals surface area contributed by atoms with Crippen LogP contribution in [-0.2, 0) is 51.4 Å². The Morgan fingerprint density at radius 2 is 0.389 bits per heavy atom. The van der Waals surface area contributed by atoms with Gasteiger partial charge in [0.1, 0.15) is 0 Å². The normalized spacial score (nSPS) is 13.7. The maximum Gasteiger partial charge on any atom is 0.0743 e. The van der Waals surface area contributed by atoms with Gasteiger partial charge in [-0.25, -0.2) is 0 Å². The molecule has 90 heavy (non-hydrogen) atoms. The van der Waals surface area contributed by atoms with E-state index in [-0.39, 0.29) is 0 Å². The zero-order valence-electron chi connectivity index (χ0n) is 62.9. The van der Waals surface area contributed by atoms with E-state index in [0.717, 1.165) is 0 Å². The van der Waals surface area contributed by atoms with Gasteiger partial charge in [-0.3, -0.25) is 19.9 Å². The summed E-state index contributed by atoms with van der Waals surface area (Å²) in [5.74, 6) is 4.18. The topological polar surface area (TPSA) is 51.6 Å².